The monoisotopic (exact) mass is 305 g/mol. The molecule has 5 nitrogen and oxygen atoms in total. The highest BCUT2D eigenvalue weighted by molar-refractivity contribution is 7.89. The van der Waals surface area contributed by atoms with Crippen molar-refractivity contribution in [3.05, 3.63) is 15.8 Å². The zero-order valence-electron chi connectivity index (χ0n) is 11.1. The lowest BCUT2D eigenvalue weighted by Gasteiger charge is -2.40. The molecule has 0 saturated heterocycles. The summed E-state index contributed by atoms with van der Waals surface area (Å²) in [5, 5.41) is 11.0. The van der Waals surface area contributed by atoms with Crippen LogP contribution in [0.4, 0.5) is 0 Å². The van der Waals surface area contributed by atoms with Gasteiger partial charge < -0.3 is 9.84 Å². The van der Waals surface area contributed by atoms with Crippen LogP contribution in [-0.4, -0.2) is 32.8 Å². The molecule has 1 heterocycles. The highest BCUT2D eigenvalue weighted by Crippen LogP contribution is 2.35. The largest absolute Gasteiger partial charge is 0.391 e. The second kappa shape index (κ2) is 5.49. The third kappa shape index (κ3) is 2.85. The molecule has 0 bridgehead atoms. The highest BCUT2D eigenvalue weighted by atomic mass is 32.2. The van der Waals surface area contributed by atoms with Crippen LogP contribution in [0.3, 0.4) is 0 Å². The topological polar surface area (TPSA) is 75.6 Å². The van der Waals surface area contributed by atoms with Gasteiger partial charge in [-0.3, -0.25) is 0 Å². The summed E-state index contributed by atoms with van der Waals surface area (Å²) in [6.07, 6.45) is 2.82. The number of aliphatic hydroxyl groups is 1. The van der Waals surface area contributed by atoms with Gasteiger partial charge in [0.05, 0.1) is 17.1 Å². The first-order valence-corrected chi connectivity index (χ1v) is 8.53. The molecule has 0 atom stereocenters. The molecule has 0 spiro atoms. The lowest BCUT2D eigenvalue weighted by Crippen LogP contribution is -2.49. The van der Waals surface area contributed by atoms with Crippen molar-refractivity contribution < 1.29 is 18.3 Å². The van der Waals surface area contributed by atoms with Crippen LogP contribution in [0.2, 0.25) is 0 Å². The van der Waals surface area contributed by atoms with Crippen molar-refractivity contribution in [3.63, 3.8) is 0 Å². The molecule has 1 aliphatic rings. The number of rotatable bonds is 6. The second-order valence-corrected chi connectivity index (χ2v) is 7.56. The predicted molar refractivity (Wildman–Crippen MR) is 73.8 cm³/mol. The number of methoxy groups -OCH3 is 1. The minimum Gasteiger partial charge on any atom is -0.391 e. The summed E-state index contributed by atoms with van der Waals surface area (Å²) in [5.41, 5.74) is 0.317. The van der Waals surface area contributed by atoms with Crippen molar-refractivity contribution in [1.82, 2.24) is 4.72 Å². The van der Waals surface area contributed by atoms with Gasteiger partial charge >= 0.3 is 0 Å². The van der Waals surface area contributed by atoms with Gasteiger partial charge in [-0.15, -0.1) is 11.3 Å². The Labute approximate surface area is 117 Å². The van der Waals surface area contributed by atoms with Crippen LogP contribution in [0, 0.1) is 6.92 Å². The number of aryl methyl sites for hydroxylation is 1. The normalized spacial score (nSPS) is 18.3. The van der Waals surface area contributed by atoms with Crippen LogP contribution in [0.1, 0.15) is 29.7 Å². The maximum atomic E-state index is 12.3. The van der Waals surface area contributed by atoms with Crippen molar-refractivity contribution in [2.45, 2.75) is 43.3 Å². The lowest BCUT2D eigenvalue weighted by atomic mass is 9.80. The molecule has 7 heteroatoms. The van der Waals surface area contributed by atoms with Gasteiger partial charge in [-0.25, -0.2) is 13.1 Å². The van der Waals surface area contributed by atoms with E-state index in [9.17, 15) is 13.5 Å². The smallest absolute Gasteiger partial charge is 0.242 e. The SMILES string of the molecule is COC1(CNS(=O)(=O)c2c(C)csc2CO)CCC1. The maximum Gasteiger partial charge on any atom is 0.242 e. The summed E-state index contributed by atoms with van der Waals surface area (Å²) in [4.78, 5) is 0.690. The van der Waals surface area contributed by atoms with Gasteiger partial charge in [0.15, 0.2) is 0 Å². The van der Waals surface area contributed by atoms with Crippen LogP contribution in [0.15, 0.2) is 10.3 Å². The minimum atomic E-state index is -3.59. The summed E-state index contributed by atoms with van der Waals surface area (Å²) >= 11 is 1.26. The first-order chi connectivity index (χ1) is 8.94. The van der Waals surface area contributed by atoms with Crippen LogP contribution >= 0.6 is 11.3 Å². The first kappa shape index (κ1) is 14.9. The predicted octanol–water partition coefficient (Wildman–Crippen LogP) is 1.40. The van der Waals surface area contributed by atoms with Crippen LogP contribution in [-0.2, 0) is 21.4 Å². The molecular weight excluding hydrogens is 286 g/mol. The summed E-state index contributed by atoms with van der Waals surface area (Å²) in [6, 6.07) is 0. The van der Waals surface area contributed by atoms with Gasteiger partial charge in [0, 0.05) is 13.7 Å². The van der Waals surface area contributed by atoms with Crippen LogP contribution in [0.5, 0.6) is 0 Å². The quantitative estimate of drug-likeness (QED) is 0.833. The van der Waals surface area contributed by atoms with E-state index in [2.05, 4.69) is 4.72 Å². The first-order valence-electron chi connectivity index (χ1n) is 6.17. The number of sulfonamides is 1. The van der Waals surface area contributed by atoms with E-state index >= 15 is 0 Å². The summed E-state index contributed by atoms with van der Waals surface area (Å²) < 4.78 is 32.7. The summed E-state index contributed by atoms with van der Waals surface area (Å²) in [7, 11) is -1.98. The van der Waals surface area contributed by atoms with E-state index in [1.54, 1.807) is 19.4 Å². The number of nitrogens with one attached hydrogen (secondary N) is 1. The summed E-state index contributed by atoms with van der Waals surface area (Å²) in [6.45, 7) is 1.76. The molecule has 1 fully saturated rings. The fourth-order valence-corrected chi connectivity index (χ4v) is 5.05. The Morgan fingerprint density at radius 3 is 2.68 bits per heavy atom. The zero-order chi connectivity index (χ0) is 14.1. The van der Waals surface area contributed by atoms with E-state index in [4.69, 9.17) is 4.74 Å². The van der Waals surface area contributed by atoms with E-state index in [-0.39, 0.29) is 23.6 Å². The van der Waals surface area contributed by atoms with Gasteiger partial charge in [-0.1, -0.05) is 0 Å². The average molecular weight is 305 g/mol. The molecule has 1 aromatic rings. The molecule has 1 saturated carbocycles. The van der Waals surface area contributed by atoms with Gasteiger partial charge in [0.1, 0.15) is 4.90 Å². The van der Waals surface area contributed by atoms with Gasteiger partial charge in [-0.05, 0) is 37.1 Å². The highest BCUT2D eigenvalue weighted by Gasteiger charge is 2.38. The Bertz CT molecular complexity index is 541. The molecule has 0 amide bonds. The van der Waals surface area contributed by atoms with Crippen molar-refractivity contribution in [2.24, 2.45) is 0 Å². The van der Waals surface area contributed by atoms with Gasteiger partial charge in [0.2, 0.25) is 10.0 Å². The molecule has 1 aromatic heterocycles. The minimum absolute atomic E-state index is 0.213. The average Bonchev–Trinajstić information content (AvgIpc) is 2.70. The Morgan fingerprint density at radius 1 is 1.53 bits per heavy atom. The van der Waals surface area contributed by atoms with Crippen molar-refractivity contribution in [3.8, 4) is 0 Å². The summed E-state index contributed by atoms with van der Waals surface area (Å²) in [5.74, 6) is 0. The van der Waals surface area contributed by atoms with E-state index in [1.165, 1.54) is 11.3 Å². The molecule has 2 rings (SSSR count). The van der Waals surface area contributed by atoms with Crippen molar-refractivity contribution >= 4 is 21.4 Å². The van der Waals surface area contributed by atoms with Gasteiger partial charge in [0.25, 0.3) is 0 Å². The molecular formula is C12H19NO4S2. The Kier molecular flexibility index (Phi) is 4.32. The van der Waals surface area contributed by atoms with E-state index in [0.29, 0.717) is 10.4 Å². The number of hydrogen-bond donors (Lipinski definition) is 2. The molecule has 2 N–H and O–H groups in total. The Balaban J connectivity index is 2.16. The molecule has 19 heavy (non-hydrogen) atoms. The third-order valence-electron chi connectivity index (χ3n) is 3.68. The third-order valence-corrected chi connectivity index (χ3v) is 6.53. The number of ether oxygens (including phenoxy) is 1. The van der Waals surface area contributed by atoms with Gasteiger partial charge in [-0.2, -0.15) is 0 Å². The molecule has 0 radical (unpaired) electrons. The second-order valence-electron chi connectivity index (χ2n) is 4.89. The zero-order valence-corrected chi connectivity index (χ0v) is 12.7. The van der Waals surface area contributed by atoms with E-state index < -0.39 is 10.0 Å². The molecule has 0 aliphatic heterocycles. The van der Waals surface area contributed by atoms with Crippen LogP contribution in [0.25, 0.3) is 0 Å². The molecule has 0 aromatic carbocycles. The number of thiophene rings is 1. The van der Waals surface area contributed by atoms with E-state index in [1.807, 2.05) is 0 Å². The maximum absolute atomic E-state index is 12.3. The lowest BCUT2D eigenvalue weighted by molar-refractivity contribution is -0.0659. The molecule has 0 unspecified atom stereocenters. The Morgan fingerprint density at radius 2 is 2.21 bits per heavy atom. The fraction of sp³-hybridized carbons (Fsp3) is 0.667. The standard InChI is InChI=1S/C12H19NO4S2/c1-9-7-18-10(6-14)11(9)19(15,16)13-8-12(17-2)4-3-5-12/h7,13-14H,3-6,8H2,1-2H3. The fourth-order valence-electron chi connectivity index (χ4n) is 2.28. The molecule has 108 valence electrons. The number of hydrogen-bond acceptors (Lipinski definition) is 5. The van der Waals surface area contributed by atoms with Crippen LogP contribution < -0.4 is 4.72 Å². The van der Waals surface area contributed by atoms with Crippen molar-refractivity contribution in [2.75, 3.05) is 13.7 Å². The Hall–Kier alpha value is -0.470. The number of aliphatic hydroxyl groups excluding tert-OH is 1. The van der Waals surface area contributed by atoms with E-state index in [0.717, 1.165) is 19.3 Å². The van der Waals surface area contributed by atoms with Crippen molar-refractivity contribution in [1.29, 1.82) is 0 Å². The molecule has 1 aliphatic carbocycles.